The SMILES string of the molecule is COCC(=O)NCCNC(=O)c1cccc(C)c1. The van der Waals surface area contributed by atoms with Crippen molar-refractivity contribution in [1.29, 1.82) is 0 Å². The molecule has 0 unspecified atom stereocenters. The molecule has 2 amide bonds. The van der Waals surface area contributed by atoms with Gasteiger partial charge in [0.2, 0.25) is 5.91 Å². The summed E-state index contributed by atoms with van der Waals surface area (Å²) >= 11 is 0. The summed E-state index contributed by atoms with van der Waals surface area (Å²) in [6.07, 6.45) is 0. The summed E-state index contributed by atoms with van der Waals surface area (Å²) < 4.78 is 4.66. The highest BCUT2D eigenvalue weighted by Gasteiger charge is 2.04. The molecule has 0 bridgehead atoms. The number of hydrogen-bond donors (Lipinski definition) is 2. The van der Waals surface area contributed by atoms with Gasteiger partial charge in [0.1, 0.15) is 6.61 Å². The summed E-state index contributed by atoms with van der Waals surface area (Å²) in [5, 5.41) is 5.35. The number of nitrogens with one attached hydrogen (secondary N) is 2. The summed E-state index contributed by atoms with van der Waals surface area (Å²) in [7, 11) is 1.46. The van der Waals surface area contributed by atoms with Gasteiger partial charge in [-0.25, -0.2) is 0 Å². The third-order valence-electron chi connectivity index (χ3n) is 2.29. The van der Waals surface area contributed by atoms with Crippen LogP contribution < -0.4 is 10.6 Å². The summed E-state index contributed by atoms with van der Waals surface area (Å²) in [5.74, 6) is -0.331. The molecule has 0 aliphatic carbocycles. The van der Waals surface area contributed by atoms with E-state index in [1.807, 2.05) is 25.1 Å². The van der Waals surface area contributed by atoms with Crippen molar-refractivity contribution in [3.8, 4) is 0 Å². The average Bonchev–Trinajstić information content (AvgIpc) is 2.35. The first-order valence-electron chi connectivity index (χ1n) is 5.74. The van der Waals surface area contributed by atoms with E-state index in [9.17, 15) is 9.59 Å². The molecule has 18 heavy (non-hydrogen) atoms. The molecule has 0 saturated carbocycles. The molecule has 0 fully saturated rings. The Morgan fingerprint density at radius 2 is 1.94 bits per heavy atom. The van der Waals surface area contributed by atoms with Gasteiger partial charge in [0.05, 0.1) is 0 Å². The van der Waals surface area contributed by atoms with E-state index < -0.39 is 0 Å². The minimum atomic E-state index is -0.192. The van der Waals surface area contributed by atoms with E-state index >= 15 is 0 Å². The third-order valence-corrected chi connectivity index (χ3v) is 2.29. The van der Waals surface area contributed by atoms with Gasteiger partial charge in [-0.1, -0.05) is 17.7 Å². The lowest BCUT2D eigenvalue weighted by molar-refractivity contribution is -0.124. The number of aryl methyl sites for hydroxylation is 1. The Hall–Kier alpha value is -1.88. The van der Waals surface area contributed by atoms with Crippen LogP contribution >= 0.6 is 0 Å². The molecular formula is C13H18N2O3. The molecule has 1 rings (SSSR count). The van der Waals surface area contributed by atoms with Crippen molar-refractivity contribution < 1.29 is 14.3 Å². The summed E-state index contributed by atoms with van der Waals surface area (Å²) in [4.78, 5) is 22.8. The summed E-state index contributed by atoms with van der Waals surface area (Å²) in [6, 6.07) is 7.34. The topological polar surface area (TPSA) is 67.4 Å². The zero-order valence-electron chi connectivity index (χ0n) is 10.7. The van der Waals surface area contributed by atoms with Gasteiger partial charge in [-0.05, 0) is 19.1 Å². The molecule has 0 aliphatic rings. The minimum absolute atomic E-state index is 0.0336. The number of carbonyl (C=O) groups excluding carboxylic acids is 2. The van der Waals surface area contributed by atoms with Gasteiger partial charge in [0.25, 0.3) is 5.91 Å². The first kappa shape index (κ1) is 14.2. The Balaban J connectivity index is 2.27. The third kappa shape index (κ3) is 4.97. The Labute approximate surface area is 107 Å². The normalized spacial score (nSPS) is 9.89. The van der Waals surface area contributed by atoms with Gasteiger partial charge in [0.15, 0.2) is 0 Å². The molecule has 0 spiro atoms. The second-order valence-corrected chi connectivity index (χ2v) is 3.91. The highest BCUT2D eigenvalue weighted by molar-refractivity contribution is 5.94. The van der Waals surface area contributed by atoms with E-state index in [4.69, 9.17) is 0 Å². The Morgan fingerprint density at radius 3 is 2.61 bits per heavy atom. The summed E-state index contributed by atoms with van der Waals surface area (Å²) in [6.45, 7) is 2.75. The molecule has 1 aromatic carbocycles. The van der Waals surface area contributed by atoms with Crippen molar-refractivity contribution in [2.45, 2.75) is 6.92 Å². The van der Waals surface area contributed by atoms with Crippen LogP contribution in [0, 0.1) is 6.92 Å². The minimum Gasteiger partial charge on any atom is -0.375 e. The van der Waals surface area contributed by atoms with Crippen LogP contribution in [0.1, 0.15) is 15.9 Å². The Bertz CT molecular complexity index is 418. The second-order valence-electron chi connectivity index (χ2n) is 3.91. The fourth-order valence-electron chi connectivity index (χ4n) is 1.45. The number of rotatable bonds is 6. The van der Waals surface area contributed by atoms with Crippen LogP contribution in [0.25, 0.3) is 0 Å². The first-order valence-corrected chi connectivity index (χ1v) is 5.74. The fraction of sp³-hybridized carbons (Fsp3) is 0.385. The lowest BCUT2D eigenvalue weighted by atomic mass is 10.1. The maximum Gasteiger partial charge on any atom is 0.251 e. The van der Waals surface area contributed by atoms with Crippen LogP contribution in [0.5, 0.6) is 0 Å². The van der Waals surface area contributed by atoms with Gasteiger partial charge in [-0.3, -0.25) is 9.59 Å². The van der Waals surface area contributed by atoms with E-state index in [1.54, 1.807) is 6.07 Å². The Kier molecular flexibility index (Phi) is 5.87. The predicted octanol–water partition coefficient (Wildman–Crippen LogP) is 0.487. The molecule has 98 valence electrons. The highest BCUT2D eigenvalue weighted by Crippen LogP contribution is 2.03. The van der Waals surface area contributed by atoms with Gasteiger partial charge in [-0.15, -0.1) is 0 Å². The average molecular weight is 250 g/mol. The monoisotopic (exact) mass is 250 g/mol. The number of ether oxygens (including phenoxy) is 1. The van der Waals surface area contributed by atoms with Crippen molar-refractivity contribution in [3.05, 3.63) is 35.4 Å². The van der Waals surface area contributed by atoms with Crippen LogP contribution in [0.2, 0.25) is 0 Å². The van der Waals surface area contributed by atoms with E-state index in [2.05, 4.69) is 15.4 Å². The van der Waals surface area contributed by atoms with Gasteiger partial charge in [-0.2, -0.15) is 0 Å². The maximum absolute atomic E-state index is 11.7. The van der Waals surface area contributed by atoms with Gasteiger partial charge >= 0.3 is 0 Å². The molecule has 0 atom stereocenters. The smallest absolute Gasteiger partial charge is 0.251 e. The van der Waals surface area contributed by atoms with E-state index in [0.29, 0.717) is 18.7 Å². The molecule has 0 aromatic heterocycles. The maximum atomic E-state index is 11.7. The molecule has 1 aromatic rings. The van der Waals surface area contributed by atoms with Crippen molar-refractivity contribution in [3.63, 3.8) is 0 Å². The molecule has 0 saturated heterocycles. The quantitative estimate of drug-likeness (QED) is 0.722. The largest absolute Gasteiger partial charge is 0.375 e. The van der Waals surface area contributed by atoms with Crippen molar-refractivity contribution in [2.75, 3.05) is 26.8 Å². The van der Waals surface area contributed by atoms with Crippen LogP contribution in [-0.2, 0) is 9.53 Å². The van der Waals surface area contributed by atoms with E-state index in [-0.39, 0.29) is 18.4 Å². The fourth-order valence-corrected chi connectivity index (χ4v) is 1.45. The van der Waals surface area contributed by atoms with Crippen molar-refractivity contribution >= 4 is 11.8 Å². The molecule has 0 aliphatic heterocycles. The van der Waals surface area contributed by atoms with Crippen LogP contribution in [-0.4, -0.2) is 38.6 Å². The van der Waals surface area contributed by atoms with Crippen molar-refractivity contribution in [1.82, 2.24) is 10.6 Å². The number of benzene rings is 1. The van der Waals surface area contributed by atoms with Gasteiger partial charge < -0.3 is 15.4 Å². The standard InChI is InChI=1S/C13H18N2O3/c1-10-4-3-5-11(8-10)13(17)15-7-6-14-12(16)9-18-2/h3-5,8H,6-7,9H2,1-2H3,(H,14,16)(H,15,17). The molecule has 5 heteroatoms. The van der Waals surface area contributed by atoms with Crippen LogP contribution in [0.4, 0.5) is 0 Å². The van der Waals surface area contributed by atoms with E-state index in [1.165, 1.54) is 7.11 Å². The zero-order valence-corrected chi connectivity index (χ0v) is 10.7. The molecule has 0 heterocycles. The molecule has 0 radical (unpaired) electrons. The predicted molar refractivity (Wildman–Crippen MR) is 68.4 cm³/mol. The molecular weight excluding hydrogens is 232 g/mol. The highest BCUT2D eigenvalue weighted by atomic mass is 16.5. The lowest BCUT2D eigenvalue weighted by Gasteiger charge is -2.07. The van der Waals surface area contributed by atoms with Crippen LogP contribution in [0.3, 0.4) is 0 Å². The summed E-state index contributed by atoms with van der Waals surface area (Å²) in [5.41, 5.74) is 1.66. The molecule has 5 nitrogen and oxygen atoms in total. The molecule has 2 N–H and O–H groups in total. The number of amides is 2. The lowest BCUT2D eigenvalue weighted by Crippen LogP contribution is -2.36. The van der Waals surface area contributed by atoms with Crippen molar-refractivity contribution in [2.24, 2.45) is 0 Å². The zero-order chi connectivity index (χ0) is 13.4. The number of carbonyl (C=O) groups is 2. The van der Waals surface area contributed by atoms with E-state index in [0.717, 1.165) is 5.56 Å². The second kappa shape index (κ2) is 7.45. The van der Waals surface area contributed by atoms with Gasteiger partial charge in [0, 0.05) is 25.8 Å². The first-order chi connectivity index (χ1) is 8.63. The Morgan fingerprint density at radius 1 is 1.22 bits per heavy atom. The number of methoxy groups -OCH3 is 1. The van der Waals surface area contributed by atoms with Crippen LogP contribution in [0.15, 0.2) is 24.3 Å². The number of hydrogen-bond acceptors (Lipinski definition) is 3.